The third kappa shape index (κ3) is 6.57. The van der Waals surface area contributed by atoms with E-state index in [-0.39, 0.29) is 17.6 Å². The number of benzene rings is 1. The molecule has 1 atom stereocenters. The van der Waals surface area contributed by atoms with Gasteiger partial charge in [-0.15, -0.1) is 0 Å². The molecule has 3 aromatic rings. The molecule has 10 heteroatoms. The predicted molar refractivity (Wildman–Crippen MR) is 132 cm³/mol. The topological polar surface area (TPSA) is 103 Å². The number of nitrogens with zero attached hydrogens (tertiary/aromatic N) is 4. The Bertz CT molecular complexity index is 1170. The zero-order chi connectivity index (χ0) is 24.9. The number of fused-ring (bicyclic) bond motifs is 1. The van der Waals surface area contributed by atoms with Crippen molar-refractivity contribution < 1.29 is 9.53 Å². The van der Waals surface area contributed by atoms with E-state index in [1.54, 1.807) is 4.57 Å². The molecule has 0 saturated heterocycles. The molecule has 0 aliphatic heterocycles. The zero-order valence-electron chi connectivity index (χ0n) is 20.3. The molecule has 184 valence electrons. The summed E-state index contributed by atoms with van der Waals surface area (Å²) in [5, 5.41) is 10.7. The van der Waals surface area contributed by atoms with Crippen LogP contribution in [-0.2, 0) is 11.3 Å². The summed E-state index contributed by atoms with van der Waals surface area (Å²) in [4.78, 5) is 29.9. The Morgan fingerprint density at radius 3 is 2.53 bits per heavy atom. The molecule has 0 radical (unpaired) electrons. The van der Waals surface area contributed by atoms with Crippen molar-refractivity contribution in [2.75, 3.05) is 13.1 Å². The summed E-state index contributed by atoms with van der Waals surface area (Å²) in [5.41, 5.74) is 0.487. The first-order valence-electron chi connectivity index (χ1n) is 11.4. The van der Waals surface area contributed by atoms with Crippen LogP contribution in [0.2, 0.25) is 5.02 Å². The van der Waals surface area contributed by atoms with E-state index in [1.807, 2.05) is 51.1 Å². The highest BCUT2D eigenvalue weighted by Crippen LogP contribution is 2.22. The van der Waals surface area contributed by atoms with Gasteiger partial charge in [-0.05, 0) is 45.2 Å². The van der Waals surface area contributed by atoms with Gasteiger partial charge in [-0.25, -0.2) is 14.6 Å². The van der Waals surface area contributed by atoms with E-state index in [1.165, 1.54) is 10.7 Å². The van der Waals surface area contributed by atoms with E-state index < -0.39 is 11.7 Å². The van der Waals surface area contributed by atoms with Gasteiger partial charge in [-0.3, -0.25) is 4.57 Å². The van der Waals surface area contributed by atoms with Crippen LogP contribution in [0.1, 0.15) is 58.5 Å². The molecular formula is C24H33ClN6O3. The quantitative estimate of drug-likeness (QED) is 0.444. The van der Waals surface area contributed by atoms with Gasteiger partial charge in [0.1, 0.15) is 16.4 Å². The Balaban J connectivity index is 1.80. The molecule has 2 N–H and O–H groups in total. The summed E-state index contributed by atoms with van der Waals surface area (Å²) < 4.78 is 8.14. The number of hydrogen-bond donors (Lipinski definition) is 2. The van der Waals surface area contributed by atoms with Crippen molar-refractivity contribution in [1.29, 1.82) is 0 Å². The van der Waals surface area contributed by atoms with Crippen LogP contribution in [0.5, 0.6) is 0 Å². The van der Waals surface area contributed by atoms with E-state index in [4.69, 9.17) is 21.3 Å². The smallest absolute Gasteiger partial charge is 0.407 e. The Labute approximate surface area is 204 Å². The molecule has 0 spiro atoms. The van der Waals surface area contributed by atoms with Gasteiger partial charge in [0.25, 0.3) is 0 Å². The summed E-state index contributed by atoms with van der Waals surface area (Å²) in [5.74, 6) is 0.732. The summed E-state index contributed by atoms with van der Waals surface area (Å²) >= 11 is 6.27. The fourth-order valence-corrected chi connectivity index (χ4v) is 3.74. The second-order valence-electron chi connectivity index (χ2n) is 9.51. The first kappa shape index (κ1) is 25.7. The number of halogens is 1. The highest BCUT2D eigenvalue weighted by molar-refractivity contribution is 6.33. The van der Waals surface area contributed by atoms with Crippen LogP contribution in [0.25, 0.3) is 5.65 Å². The number of carbonyl (C=O) groups excluding carboxylic acids is 1. The number of aromatic nitrogens is 4. The molecule has 0 saturated carbocycles. The first-order valence-corrected chi connectivity index (χ1v) is 11.8. The Hall–Kier alpha value is -2.91. The molecule has 3 rings (SSSR count). The van der Waals surface area contributed by atoms with Gasteiger partial charge in [0.05, 0.1) is 18.8 Å². The van der Waals surface area contributed by atoms with Crippen molar-refractivity contribution in [2.45, 2.75) is 59.2 Å². The van der Waals surface area contributed by atoms with Crippen molar-refractivity contribution in [3.63, 3.8) is 0 Å². The number of rotatable bonds is 9. The van der Waals surface area contributed by atoms with Crippen LogP contribution in [0.4, 0.5) is 4.79 Å². The normalized spacial score (nSPS) is 12.8. The van der Waals surface area contributed by atoms with Gasteiger partial charge >= 0.3 is 11.8 Å². The average molecular weight is 489 g/mol. The van der Waals surface area contributed by atoms with Gasteiger partial charge in [-0.2, -0.15) is 9.61 Å². The Morgan fingerprint density at radius 2 is 1.88 bits per heavy atom. The minimum absolute atomic E-state index is 0.136. The molecule has 1 amide bonds. The lowest BCUT2D eigenvalue weighted by Crippen LogP contribution is -2.39. The molecule has 0 fully saturated rings. The Kier molecular flexibility index (Phi) is 8.33. The second-order valence-corrected chi connectivity index (χ2v) is 9.92. The van der Waals surface area contributed by atoms with E-state index in [0.29, 0.717) is 42.5 Å². The van der Waals surface area contributed by atoms with E-state index in [0.717, 1.165) is 5.56 Å². The molecule has 9 nitrogen and oxygen atoms in total. The van der Waals surface area contributed by atoms with Gasteiger partial charge < -0.3 is 15.4 Å². The number of amides is 1. The Morgan fingerprint density at radius 1 is 1.18 bits per heavy atom. The lowest BCUT2D eigenvalue weighted by molar-refractivity contribution is 0.0527. The fourth-order valence-electron chi connectivity index (χ4n) is 3.57. The summed E-state index contributed by atoms with van der Waals surface area (Å²) in [6.07, 6.45) is 1.68. The molecular weight excluding hydrogens is 456 g/mol. The SMILES string of the molecule is CC(C)C(NCCCNC(=O)OC(C)(C)C)c1nc2c(Cl)cnn2c(=O)n1Cc1ccccc1. The molecule has 1 aromatic carbocycles. The average Bonchev–Trinajstić information content (AvgIpc) is 3.13. The number of carbonyl (C=O) groups is 1. The van der Waals surface area contributed by atoms with Gasteiger partial charge in [-0.1, -0.05) is 55.8 Å². The first-order chi connectivity index (χ1) is 16.1. The van der Waals surface area contributed by atoms with Crippen LogP contribution >= 0.6 is 11.6 Å². The molecule has 34 heavy (non-hydrogen) atoms. The monoisotopic (exact) mass is 488 g/mol. The van der Waals surface area contributed by atoms with Gasteiger partial charge in [0.2, 0.25) is 0 Å². The van der Waals surface area contributed by atoms with Crippen molar-refractivity contribution in [2.24, 2.45) is 5.92 Å². The van der Waals surface area contributed by atoms with Crippen molar-refractivity contribution in [3.05, 3.63) is 63.4 Å². The standard InChI is InChI=1S/C24H33ClN6O3/c1-16(2)19(26-12-9-13-27-22(32)34-24(3,4)5)21-29-20-18(25)14-28-31(20)23(33)30(21)15-17-10-7-6-8-11-17/h6-8,10-11,14,16,19,26H,9,12-13,15H2,1-5H3,(H,27,32). The molecule has 0 aliphatic carbocycles. The molecule has 0 aliphatic rings. The maximum absolute atomic E-state index is 13.3. The maximum Gasteiger partial charge on any atom is 0.407 e. The maximum atomic E-state index is 13.3. The van der Waals surface area contributed by atoms with Crippen molar-refractivity contribution in [1.82, 2.24) is 29.8 Å². The van der Waals surface area contributed by atoms with Crippen molar-refractivity contribution in [3.8, 4) is 0 Å². The highest BCUT2D eigenvalue weighted by atomic mass is 35.5. The van der Waals surface area contributed by atoms with Crippen LogP contribution in [0.3, 0.4) is 0 Å². The summed E-state index contributed by atoms with van der Waals surface area (Å²) in [6, 6.07) is 9.53. The molecule has 2 aromatic heterocycles. The minimum atomic E-state index is -0.535. The van der Waals surface area contributed by atoms with Crippen LogP contribution in [0, 0.1) is 5.92 Å². The van der Waals surface area contributed by atoms with Crippen LogP contribution < -0.4 is 16.3 Å². The number of ether oxygens (including phenoxy) is 1. The van der Waals surface area contributed by atoms with E-state index >= 15 is 0 Å². The largest absolute Gasteiger partial charge is 0.444 e. The van der Waals surface area contributed by atoms with Crippen molar-refractivity contribution >= 4 is 23.3 Å². The third-order valence-corrected chi connectivity index (χ3v) is 5.39. The molecule has 0 bridgehead atoms. The summed E-state index contributed by atoms with van der Waals surface area (Å²) in [7, 11) is 0. The highest BCUT2D eigenvalue weighted by Gasteiger charge is 2.24. The van der Waals surface area contributed by atoms with Gasteiger partial charge in [0, 0.05) is 6.54 Å². The van der Waals surface area contributed by atoms with E-state index in [2.05, 4.69) is 29.6 Å². The van der Waals surface area contributed by atoms with Crippen LogP contribution in [-0.4, -0.2) is 43.9 Å². The molecule has 2 heterocycles. The lowest BCUT2D eigenvalue weighted by atomic mass is 10.0. The third-order valence-electron chi connectivity index (χ3n) is 5.12. The minimum Gasteiger partial charge on any atom is -0.444 e. The second kappa shape index (κ2) is 11.0. The fraction of sp³-hybridized carbons (Fsp3) is 0.500. The lowest BCUT2D eigenvalue weighted by Gasteiger charge is -2.25. The van der Waals surface area contributed by atoms with E-state index in [9.17, 15) is 9.59 Å². The number of alkyl carbamates (subject to hydrolysis) is 1. The summed E-state index contributed by atoms with van der Waals surface area (Å²) in [6.45, 7) is 11.0. The number of hydrogen-bond acceptors (Lipinski definition) is 6. The predicted octanol–water partition coefficient (Wildman–Crippen LogP) is 3.79. The molecule has 1 unspecified atom stereocenters. The van der Waals surface area contributed by atoms with Crippen LogP contribution in [0.15, 0.2) is 41.3 Å². The van der Waals surface area contributed by atoms with Gasteiger partial charge in [0.15, 0.2) is 5.65 Å². The zero-order valence-corrected chi connectivity index (χ0v) is 21.1. The number of nitrogens with one attached hydrogen (secondary N) is 2.